The number of nitrogens with zero attached hydrogens (tertiary/aromatic N) is 1. The van der Waals surface area contributed by atoms with Crippen molar-refractivity contribution in [1.82, 2.24) is 5.16 Å². The molecule has 0 spiro atoms. The number of aryl methyl sites for hydroxylation is 1. The molecule has 0 bridgehead atoms. The molecule has 0 fully saturated rings. The molecule has 1 aromatic carbocycles. The van der Waals surface area contributed by atoms with Crippen molar-refractivity contribution in [2.24, 2.45) is 5.73 Å². The summed E-state index contributed by atoms with van der Waals surface area (Å²) in [6, 6.07) is 5.26. The van der Waals surface area contributed by atoms with Gasteiger partial charge in [-0.05, 0) is 19.9 Å². The first-order valence-electron chi connectivity index (χ1n) is 4.90. The van der Waals surface area contributed by atoms with Gasteiger partial charge in [-0.3, -0.25) is 0 Å². The predicted octanol–water partition coefficient (Wildman–Crippen LogP) is 1.52. The Morgan fingerprint density at radius 2 is 2.20 bits per heavy atom. The van der Waals surface area contributed by atoms with Gasteiger partial charge in [-0.2, -0.15) is 0 Å². The van der Waals surface area contributed by atoms with Gasteiger partial charge in [0.1, 0.15) is 0 Å². The van der Waals surface area contributed by atoms with Crippen molar-refractivity contribution in [2.75, 3.05) is 0 Å². The molecule has 0 radical (unpaired) electrons. The Morgan fingerprint density at radius 3 is 2.87 bits per heavy atom. The number of fused-ring (bicyclic) bond motifs is 1. The van der Waals surface area contributed by atoms with Crippen LogP contribution in [0, 0.1) is 6.92 Å². The lowest BCUT2D eigenvalue weighted by atomic mass is 10.0. The highest BCUT2D eigenvalue weighted by Gasteiger charge is 2.18. The van der Waals surface area contributed by atoms with Gasteiger partial charge >= 0.3 is 0 Å². The quantitative estimate of drug-likeness (QED) is 0.781. The van der Waals surface area contributed by atoms with E-state index in [0.29, 0.717) is 11.1 Å². The molecule has 0 saturated heterocycles. The lowest BCUT2D eigenvalue weighted by Gasteiger charge is -2.14. The minimum absolute atomic E-state index is 0.332. The second-order valence-corrected chi connectivity index (χ2v) is 3.80. The Labute approximate surface area is 87.7 Å². The fraction of sp³-hybridized carbons (Fsp3) is 0.364. The van der Waals surface area contributed by atoms with Crippen LogP contribution in [0.3, 0.4) is 0 Å². The van der Waals surface area contributed by atoms with Crippen LogP contribution in [0.4, 0.5) is 0 Å². The molecule has 4 nitrogen and oxygen atoms in total. The maximum Gasteiger partial charge on any atom is 0.172 e. The van der Waals surface area contributed by atoms with Crippen LogP contribution in [0.5, 0.6) is 0 Å². The summed E-state index contributed by atoms with van der Waals surface area (Å²) in [6.45, 7) is 3.63. The second kappa shape index (κ2) is 3.64. The summed E-state index contributed by atoms with van der Waals surface area (Å²) in [5, 5.41) is 14.7. The van der Waals surface area contributed by atoms with Gasteiger partial charge in [-0.25, -0.2) is 0 Å². The molecule has 1 heterocycles. The summed E-state index contributed by atoms with van der Waals surface area (Å²) >= 11 is 0. The van der Waals surface area contributed by atoms with Gasteiger partial charge in [0.2, 0.25) is 0 Å². The number of aromatic nitrogens is 1. The van der Waals surface area contributed by atoms with Crippen LogP contribution < -0.4 is 5.73 Å². The number of hydrogen-bond donors (Lipinski definition) is 2. The van der Waals surface area contributed by atoms with Crippen LogP contribution in [0.25, 0.3) is 11.0 Å². The zero-order valence-electron chi connectivity index (χ0n) is 8.77. The van der Waals surface area contributed by atoms with Gasteiger partial charge in [-0.15, -0.1) is 0 Å². The summed E-state index contributed by atoms with van der Waals surface area (Å²) in [5.74, 6) is 0. The van der Waals surface area contributed by atoms with Crippen molar-refractivity contribution in [3.8, 4) is 0 Å². The summed E-state index contributed by atoms with van der Waals surface area (Å²) in [4.78, 5) is 0. The van der Waals surface area contributed by atoms with E-state index < -0.39 is 6.10 Å². The number of benzene rings is 1. The first kappa shape index (κ1) is 10.1. The number of aliphatic hydroxyl groups excluding tert-OH is 1. The van der Waals surface area contributed by atoms with E-state index in [2.05, 4.69) is 5.16 Å². The molecule has 2 unspecified atom stereocenters. The summed E-state index contributed by atoms with van der Waals surface area (Å²) in [6.07, 6.45) is -0.721. The first-order chi connectivity index (χ1) is 7.11. The van der Waals surface area contributed by atoms with Crippen LogP contribution in [0.1, 0.15) is 24.3 Å². The molecule has 3 N–H and O–H groups in total. The number of para-hydroxylation sites is 1. The molecule has 0 aliphatic carbocycles. The highest BCUT2D eigenvalue weighted by molar-refractivity contribution is 5.82. The molecular formula is C11H14N2O2. The average molecular weight is 206 g/mol. The lowest BCUT2D eigenvalue weighted by Crippen LogP contribution is -2.24. The van der Waals surface area contributed by atoms with Gasteiger partial charge in [0.25, 0.3) is 0 Å². The lowest BCUT2D eigenvalue weighted by molar-refractivity contribution is 0.153. The normalized spacial score (nSPS) is 15.5. The minimum Gasteiger partial charge on any atom is -0.387 e. The maximum absolute atomic E-state index is 9.89. The van der Waals surface area contributed by atoms with E-state index in [0.717, 1.165) is 11.1 Å². The molecule has 2 atom stereocenters. The summed E-state index contributed by atoms with van der Waals surface area (Å²) in [5.41, 5.74) is 7.80. The third kappa shape index (κ3) is 1.62. The fourth-order valence-electron chi connectivity index (χ4n) is 1.62. The monoisotopic (exact) mass is 206 g/mol. The van der Waals surface area contributed by atoms with E-state index in [1.807, 2.05) is 19.1 Å². The molecule has 0 amide bonds. The number of hydrogen-bond acceptors (Lipinski definition) is 4. The smallest absolute Gasteiger partial charge is 0.172 e. The van der Waals surface area contributed by atoms with Gasteiger partial charge in [-0.1, -0.05) is 17.3 Å². The van der Waals surface area contributed by atoms with Gasteiger partial charge in [0.15, 0.2) is 5.58 Å². The Hall–Kier alpha value is -1.39. The molecule has 0 saturated carbocycles. The van der Waals surface area contributed by atoms with Crippen molar-refractivity contribution in [1.29, 1.82) is 0 Å². The Morgan fingerprint density at radius 1 is 1.47 bits per heavy atom. The molecule has 15 heavy (non-hydrogen) atoms. The van der Waals surface area contributed by atoms with Crippen molar-refractivity contribution in [2.45, 2.75) is 26.0 Å². The third-order valence-electron chi connectivity index (χ3n) is 2.53. The fourth-order valence-corrected chi connectivity index (χ4v) is 1.62. The highest BCUT2D eigenvalue weighted by Crippen LogP contribution is 2.27. The van der Waals surface area contributed by atoms with Gasteiger partial charge in [0, 0.05) is 17.0 Å². The molecule has 80 valence electrons. The SMILES string of the molecule is Cc1noc2c(C(O)C(C)N)cccc12. The minimum atomic E-state index is -0.721. The van der Waals surface area contributed by atoms with Crippen molar-refractivity contribution >= 4 is 11.0 Å². The van der Waals surface area contributed by atoms with E-state index in [4.69, 9.17) is 10.3 Å². The van der Waals surface area contributed by atoms with Crippen LogP contribution in [-0.4, -0.2) is 16.3 Å². The van der Waals surface area contributed by atoms with E-state index in [1.54, 1.807) is 13.0 Å². The Kier molecular flexibility index (Phi) is 2.46. The Bertz CT molecular complexity index is 476. The second-order valence-electron chi connectivity index (χ2n) is 3.80. The van der Waals surface area contributed by atoms with Crippen molar-refractivity contribution < 1.29 is 9.63 Å². The van der Waals surface area contributed by atoms with Gasteiger partial charge < -0.3 is 15.4 Å². The summed E-state index contributed by atoms with van der Waals surface area (Å²) in [7, 11) is 0. The predicted molar refractivity (Wildman–Crippen MR) is 57.4 cm³/mol. The number of rotatable bonds is 2. The molecule has 2 rings (SSSR count). The van der Waals surface area contributed by atoms with E-state index in [1.165, 1.54) is 0 Å². The number of nitrogens with two attached hydrogens (primary N) is 1. The van der Waals surface area contributed by atoms with E-state index in [9.17, 15) is 5.11 Å². The molecule has 0 aliphatic heterocycles. The average Bonchev–Trinajstić information content (AvgIpc) is 2.59. The van der Waals surface area contributed by atoms with Gasteiger partial charge in [0.05, 0.1) is 11.8 Å². The number of aliphatic hydroxyl groups is 1. The van der Waals surface area contributed by atoms with E-state index >= 15 is 0 Å². The highest BCUT2D eigenvalue weighted by atomic mass is 16.5. The third-order valence-corrected chi connectivity index (χ3v) is 2.53. The molecule has 4 heteroatoms. The largest absolute Gasteiger partial charge is 0.387 e. The Balaban J connectivity index is 2.61. The van der Waals surface area contributed by atoms with Crippen LogP contribution in [-0.2, 0) is 0 Å². The standard InChI is InChI=1S/C11H14N2O2/c1-6(12)10(14)9-5-3-4-8-7(2)13-15-11(8)9/h3-6,10,14H,12H2,1-2H3. The topological polar surface area (TPSA) is 72.3 Å². The zero-order chi connectivity index (χ0) is 11.0. The molecule has 0 aliphatic rings. The van der Waals surface area contributed by atoms with Crippen LogP contribution in [0.15, 0.2) is 22.7 Å². The van der Waals surface area contributed by atoms with Crippen LogP contribution >= 0.6 is 0 Å². The molecule has 1 aromatic heterocycles. The van der Waals surface area contributed by atoms with Crippen LogP contribution in [0.2, 0.25) is 0 Å². The van der Waals surface area contributed by atoms with Crippen molar-refractivity contribution in [3.63, 3.8) is 0 Å². The van der Waals surface area contributed by atoms with E-state index in [-0.39, 0.29) is 6.04 Å². The molecule has 2 aromatic rings. The van der Waals surface area contributed by atoms with Crippen molar-refractivity contribution in [3.05, 3.63) is 29.5 Å². The first-order valence-corrected chi connectivity index (χ1v) is 4.90. The zero-order valence-corrected chi connectivity index (χ0v) is 8.77. The summed E-state index contributed by atoms with van der Waals surface area (Å²) < 4.78 is 5.19. The maximum atomic E-state index is 9.89. The molecular weight excluding hydrogens is 192 g/mol.